The minimum Gasteiger partial charge on any atom is -0.463 e. The van der Waals surface area contributed by atoms with E-state index < -0.39 is 18.0 Å². The first-order chi connectivity index (χ1) is 11.1. The number of hydrogen-bond donors (Lipinski definition) is 0. The van der Waals surface area contributed by atoms with Gasteiger partial charge in [-0.3, -0.25) is 14.5 Å². The van der Waals surface area contributed by atoms with Crippen molar-refractivity contribution in [2.24, 2.45) is 0 Å². The maximum Gasteiger partial charge on any atom is 0.353 e. The first kappa shape index (κ1) is 16.6. The van der Waals surface area contributed by atoms with Gasteiger partial charge >= 0.3 is 11.9 Å². The summed E-state index contributed by atoms with van der Waals surface area (Å²) in [6.07, 6.45) is 3.59. The smallest absolute Gasteiger partial charge is 0.353 e. The fraction of sp³-hybridized carbons (Fsp3) is 0.400. The molecule has 0 saturated carbocycles. The van der Waals surface area contributed by atoms with E-state index >= 15 is 0 Å². The fourth-order valence-electron chi connectivity index (χ4n) is 1.95. The summed E-state index contributed by atoms with van der Waals surface area (Å²) in [5, 5.41) is 7.41. The molecule has 0 spiro atoms. The normalized spacial score (nSPS) is 11.7. The van der Waals surface area contributed by atoms with E-state index in [1.807, 2.05) is 0 Å². The number of aromatic nitrogens is 4. The van der Waals surface area contributed by atoms with Crippen LogP contribution in [0.5, 0.6) is 0 Å². The molecular weight excluding hydrogens is 300 g/mol. The van der Waals surface area contributed by atoms with Gasteiger partial charge in [0.2, 0.25) is 6.10 Å². The molecule has 2 aromatic rings. The standard InChI is InChI=1S/C15H18N4O4/c1-3-22-15(21)14(13-11(2)5-4-7-16-13)23-12(20)6-9-19-10-8-17-18-19/h4-5,7-8,10,14H,3,6,9H2,1-2H3/t14-/m0/s1. The van der Waals surface area contributed by atoms with Crippen LogP contribution in [0.15, 0.2) is 30.7 Å². The summed E-state index contributed by atoms with van der Waals surface area (Å²) >= 11 is 0. The predicted molar refractivity (Wildman–Crippen MR) is 79.1 cm³/mol. The number of hydrogen-bond acceptors (Lipinski definition) is 7. The topological polar surface area (TPSA) is 96.2 Å². The Kier molecular flexibility index (Phi) is 5.79. The van der Waals surface area contributed by atoms with Crippen LogP contribution in [0.2, 0.25) is 0 Å². The second-order valence-corrected chi connectivity index (χ2v) is 4.74. The van der Waals surface area contributed by atoms with Crippen molar-refractivity contribution in [1.82, 2.24) is 20.0 Å². The molecule has 0 unspecified atom stereocenters. The maximum atomic E-state index is 12.1. The van der Waals surface area contributed by atoms with Crippen LogP contribution in [0.25, 0.3) is 0 Å². The number of pyridine rings is 1. The maximum absolute atomic E-state index is 12.1. The zero-order valence-electron chi connectivity index (χ0n) is 13.0. The summed E-state index contributed by atoms with van der Waals surface area (Å²) in [6.45, 7) is 3.98. The molecule has 2 heterocycles. The molecule has 2 aromatic heterocycles. The Balaban J connectivity index is 2.06. The number of ether oxygens (including phenoxy) is 2. The third-order valence-electron chi connectivity index (χ3n) is 3.07. The molecule has 0 N–H and O–H groups in total. The van der Waals surface area contributed by atoms with Crippen LogP contribution in [0.1, 0.15) is 30.7 Å². The van der Waals surface area contributed by atoms with Gasteiger partial charge in [0.15, 0.2) is 0 Å². The van der Waals surface area contributed by atoms with E-state index in [1.165, 1.54) is 17.1 Å². The van der Waals surface area contributed by atoms with E-state index in [2.05, 4.69) is 15.3 Å². The summed E-state index contributed by atoms with van der Waals surface area (Å²) in [5.41, 5.74) is 1.12. The largest absolute Gasteiger partial charge is 0.463 e. The van der Waals surface area contributed by atoms with E-state index in [4.69, 9.17) is 9.47 Å². The van der Waals surface area contributed by atoms with Gasteiger partial charge in [0.25, 0.3) is 0 Å². The van der Waals surface area contributed by atoms with E-state index in [9.17, 15) is 9.59 Å². The molecular formula is C15H18N4O4. The van der Waals surface area contributed by atoms with E-state index in [1.54, 1.807) is 32.2 Å². The Labute approximate surface area is 133 Å². The molecule has 0 aliphatic heterocycles. The summed E-state index contributed by atoms with van der Waals surface area (Å²) in [7, 11) is 0. The van der Waals surface area contributed by atoms with Crippen molar-refractivity contribution >= 4 is 11.9 Å². The van der Waals surface area contributed by atoms with Gasteiger partial charge in [-0.2, -0.15) is 0 Å². The lowest BCUT2D eigenvalue weighted by atomic mass is 10.1. The van der Waals surface area contributed by atoms with E-state index in [-0.39, 0.29) is 13.0 Å². The predicted octanol–water partition coefficient (Wildman–Crippen LogP) is 1.22. The Morgan fingerprint density at radius 3 is 2.83 bits per heavy atom. The second-order valence-electron chi connectivity index (χ2n) is 4.74. The average Bonchev–Trinajstić information content (AvgIpc) is 3.05. The number of carbonyl (C=O) groups excluding carboxylic acids is 2. The Hall–Kier alpha value is -2.77. The molecule has 0 saturated heterocycles. The van der Waals surface area contributed by atoms with Gasteiger partial charge in [0.05, 0.1) is 31.5 Å². The highest BCUT2D eigenvalue weighted by Gasteiger charge is 2.29. The third kappa shape index (κ3) is 4.60. The number of esters is 2. The van der Waals surface area contributed by atoms with Gasteiger partial charge in [-0.1, -0.05) is 11.3 Å². The zero-order valence-corrected chi connectivity index (χ0v) is 13.0. The second kappa shape index (κ2) is 8.02. The molecule has 0 aromatic carbocycles. The molecule has 1 atom stereocenters. The van der Waals surface area contributed by atoms with Crippen LogP contribution in [-0.4, -0.2) is 38.5 Å². The third-order valence-corrected chi connectivity index (χ3v) is 3.07. The van der Waals surface area contributed by atoms with Gasteiger partial charge < -0.3 is 9.47 Å². The van der Waals surface area contributed by atoms with Crippen LogP contribution in [0.4, 0.5) is 0 Å². The molecule has 0 fully saturated rings. The Bertz CT molecular complexity index is 657. The van der Waals surface area contributed by atoms with Crippen molar-refractivity contribution in [2.75, 3.05) is 6.61 Å². The summed E-state index contributed by atoms with van der Waals surface area (Å²) in [6, 6.07) is 3.53. The fourth-order valence-corrected chi connectivity index (χ4v) is 1.95. The minimum atomic E-state index is -1.17. The van der Waals surface area contributed by atoms with Gasteiger partial charge in [-0.25, -0.2) is 4.79 Å². The quantitative estimate of drug-likeness (QED) is 0.708. The van der Waals surface area contributed by atoms with Crippen molar-refractivity contribution in [2.45, 2.75) is 32.9 Å². The lowest BCUT2D eigenvalue weighted by Gasteiger charge is -2.17. The Morgan fingerprint density at radius 2 is 2.17 bits per heavy atom. The van der Waals surface area contributed by atoms with Crippen LogP contribution in [0.3, 0.4) is 0 Å². The van der Waals surface area contributed by atoms with Crippen molar-refractivity contribution < 1.29 is 19.1 Å². The first-order valence-corrected chi connectivity index (χ1v) is 7.23. The van der Waals surface area contributed by atoms with Gasteiger partial charge in [0, 0.05) is 12.4 Å². The number of nitrogens with zero attached hydrogens (tertiary/aromatic N) is 4. The van der Waals surface area contributed by atoms with Crippen LogP contribution >= 0.6 is 0 Å². The van der Waals surface area contributed by atoms with Crippen LogP contribution in [-0.2, 0) is 25.6 Å². The molecule has 0 bridgehead atoms. The molecule has 23 heavy (non-hydrogen) atoms. The number of aryl methyl sites for hydroxylation is 2. The van der Waals surface area contributed by atoms with Gasteiger partial charge in [-0.05, 0) is 25.5 Å². The Morgan fingerprint density at radius 1 is 1.35 bits per heavy atom. The van der Waals surface area contributed by atoms with E-state index in [0.717, 1.165) is 5.56 Å². The minimum absolute atomic E-state index is 0.0607. The van der Waals surface area contributed by atoms with Gasteiger partial charge in [-0.15, -0.1) is 5.10 Å². The van der Waals surface area contributed by atoms with Crippen LogP contribution < -0.4 is 0 Å². The molecule has 8 nitrogen and oxygen atoms in total. The molecule has 0 aliphatic carbocycles. The van der Waals surface area contributed by atoms with Crippen molar-refractivity contribution in [3.63, 3.8) is 0 Å². The average molecular weight is 318 g/mol. The monoisotopic (exact) mass is 318 g/mol. The van der Waals surface area contributed by atoms with Crippen LogP contribution in [0, 0.1) is 6.92 Å². The zero-order chi connectivity index (χ0) is 16.7. The lowest BCUT2D eigenvalue weighted by Crippen LogP contribution is -2.24. The highest BCUT2D eigenvalue weighted by molar-refractivity contribution is 5.80. The van der Waals surface area contributed by atoms with Crippen molar-refractivity contribution in [1.29, 1.82) is 0 Å². The molecule has 0 aliphatic rings. The highest BCUT2D eigenvalue weighted by Crippen LogP contribution is 2.21. The van der Waals surface area contributed by atoms with Gasteiger partial charge in [0.1, 0.15) is 0 Å². The molecule has 2 rings (SSSR count). The number of carbonyl (C=O) groups is 2. The number of rotatable bonds is 7. The lowest BCUT2D eigenvalue weighted by molar-refractivity contribution is -0.168. The summed E-state index contributed by atoms with van der Waals surface area (Å²) < 4.78 is 11.8. The van der Waals surface area contributed by atoms with Crippen molar-refractivity contribution in [3.05, 3.63) is 42.0 Å². The molecule has 0 amide bonds. The highest BCUT2D eigenvalue weighted by atomic mass is 16.6. The molecule has 122 valence electrons. The molecule has 8 heteroatoms. The molecule has 0 radical (unpaired) electrons. The van der Waals surface area contributed by atoms with Crippen molar-refractivity contribution in [3.8, 4) is 0 Å². The summed E-state index contributed by atoms with van der Waals surface area (Å²) in [4.78, 5) is 28.3. The summed E-state index contributed by atoms with van der Waals surface area (Å²) in [5.74, 6) is -1.17. The first-order valence-electron chi connectivity index (χ1n) is 7.23. The van der Waals surface area contributed by atoms with E-state index in [0.29, 0.717) is 12.2 Å². The SMILES string of the molecule is CCOC(=O)[C@@H](OC(=O)CCn1ccnn1)c1ncccc1C.